The van der Waals surface area contributed by atoms with Gasteiger partial charge in [-0.3, -0.25) is 0 Å². The average Bonchev–Trinajstić information content (AvgIpc) is 2.27. The van der Waals surface area contributed by atoms with Crippen molar-refractivity contribution in [2.45, 2.75) is 0 Å². The van der Waals surface area contributed by atoms with Gasteiger partial charge in [0.15, 0.2) is 10.8 Å². The minimum Gasteiger partial charge on any atom is -0.375 e. The molecule has 0 atom stereocenters. The molecule has 0 aliphatic carbocycles. The first-order valence-corrected chi connectivity index (χ1v) is 4.54. The summed E-state index contributed by atoms with van der Waals surface area (Å²) < 4.78 is 1.96. The number of fused-ring (bicyclic) bond motifs is 1. The Morgan fingerprint density at radius 2 is 2.36 bits per heavy atom. The molecule has 0 bridgehead atoms. The summed E-state index contributed by atoms with van der Waals surface area (Å²) in [7, 11) is 0. The molecule has 2 rings (SSSR count). The van der Waals surface area contributed by atoms with Crippen LogP contribution in [0.1, 0.15) is 0 Å². The van der Waals surface area contributed by atoms with E-state index in [9.17, 15) is 0 Å². The molecule has 56 valence electrons. The number of nitrogen functional groups attached to an aromatic ring is 1. The van der Waals surface area contributed by atoms with Crippen molar-refractivity contribution in [2.24, 2.45) is 0 Å². The summed E-state index contributed by atoms with van der Waals surface area (Å²) in [5, 5.41) is 0.561. The van der Waals surface area contributed by atoms with Crippen LogP contribution in [0.2, 0.25) is 0 Å². The van der Waals surface area contributed by atoms with Crippen LogP contribution in [0.4, 0.5) is 5.13 Å². The summed E-state index contributed by atoms with van der Waals surface area (Å²) in [5.74, 6) is 0. The van der Waals surface area contributed by atoms with Gasteiger partial charge in [-0.05, 0) is 22.0 Å². The van der Waals surface area contributed by atoms with E-state index < -0.39 is 0 Å². The molecule has 0 spiro atoms. The third kappa shape index (κ3) is 1.21. The molecule has 2 N–H and O–H groups in total. The van der Waals surface area contributed by atoms with Crippen molar-refractivity contribution in [3.63, 3.8) is 0 Å². The molecule has 0 radical (unpaired) electrons. The number of nitrogens with zero attached hydrogens (tertiary/aromatic N) is 2. The highest BCUT2D eigenvalue weighted by Gasteiger charge is 2.00. The number of rotatable bonds is 0. The average molecular weight is 230 g/mol. The van der Waals surface area contributed by atoms with Crippen LogP contribution in [0, 0.1) is 0 Å². The molecule has 0 saturated carbocycles. The third-order valence-corrected chi connectivity index (χ3v) is 2.48. The minimum absolute atomic E-state index is 0.561. The monoisotopic (exact) mass is 229 g/mol. The first kappa shape index (κ1) is 7.00. The van der Waals surface area contributed by atoms with Gasteiger partial charge in [-0.2, -0.15) is 0 Å². The van der Waals surface area contributed by atoms with Crippen LogP contribution in [-0.4, -0.2) is 9.97 Å². The summed E-state index contributed by atoms with van der Waals surface area (Å²) in [6.07, 6.45) is 1.71. The summed E-state index contributed by atoms with van der Waals surface area (Å²) in [5.41, 5.74) is 6.21. The van der Waals surface area contributed by atoms with E-state index in [0.717, 1.165) is 14.8 Å². The highest BCUT2D eigenvalue weighted by molar-refractivity contribution is 9.10. The molecule has 0 aliphatic rings. The number of halogens is 1. The fraction of sp³-hybridized carbons (Fsp3) is 0. The predicted octanol–water partition coefficient (Wildman–Crippen LogP) is 2.04. The highest BCUT2D eigenvalue weighted by Crippen LogP contribution is 2.24. The Morgan fingerprint density at radius 1 is 1.55 bits per heavy atom. The Labute approximate surface area is 75.4 Å². The Bertz CT molecular complexity index is 398. The third-order valence-electron chi connectivity index (χ3n) is 1.23. The maximum Gasteiger partial charge on any atom is 0.182 e. The van der Waals surface area contributed by atoms with E-state index in [0.29, 0.717) is 5.13 Å². The van der Waals surface area contributed by atoms with Crippen molar-refractivity contribution in [3.05, 3.63) is 16.7 Å². The van der Waals surface area contributed by atoms with Crippen molar-refractivity contribution >= 4 is 42.7 Å². The normalized spacial score (nSPS) is 10.6. The molecule has 11 heavy (non-hydrogen) atoms. The number of hydrogen-bond donors (Lipinski definition) is 1. The zero-order valence-electron chi connectivity index (χ0n) is 5.41. The molecule has 0 unspecified atom stereocenters. The van der Waals surface area contributed by atoms with Crippen LogP contribution in [-0.2, 0) is 0 Å². The maximum absolute atomic E-state index is 5.49. The molecule has 5 heteroatoms. The van der Waals surface area contributed by atoms with Crippen molar-refractivity contribution < 1.29 is 0 Å². The minimum atomic E-state index is 0.561. The first-order valence-electron chi connectivity index (χ1n) is 2.93. The van der Waals surface area contributed by atoms with Crippen molar-refractivity contribution in [1.29, 1.82) is 0 Å². The van der Waals surface area contributed by atoms with Gasteiger partial charge < -0.3 is 5.73 Å². The van der Waals surface area contributed by atoms with Gasteiger partial charge in [-0.15, -0.1) is 0 Å². The van der Waals surface area contributed by atoms with E-state index in [1.165, 1.54) is 11.3 Å². The quantitative estimate of drug-likeness (QED) is 0.753. The van der Waals surface area contributed by atoms with E-state index in [-0.39, 0.29) is 0 Å². The molecule has 3 nitrogen and oxygen atoms in total. The second kappa shape index (κ2) is 2.42. The van der Waals surface area contributed by atoms with E-state index in [1.54, 1.807) is 6.20 Å². The SMILES string of the molecule is Nc1nc2ncc(Br)cc2s1. The zero-order valence-corrected chi connectivity index (χ0v) is 7.82. The molecule has 0 amide bonds. The Hall–Kier alpha value is -0.680. The second-order valence-electron chi connectivity index (χ2n) is 2.03. The number of anilines is 1. The van der Waals surface area contributed by atoms with Crippen molar-refractivity contribution in [2.75, 3.05) is 5.73 Å². The number of nitrogens with two attached hydrogens (primary N) is 1. The second-order valence-corrected chi connectivity index (χ2v) is 4.01. The Morgan fingerprint density at radius 3 is 3.18 bits per heavy atom. The van der Waals surface area contributed by atoms with Crippen LogP contribution >= 0.6 is 27.3 Å². The van der Waals surface area contributed by atoms with Crippen LogP contribution in [0.5, 0.6) is 0 Å². The summed E-state index contributed by atoms with van der Waals surface area (Å²) in [6, 6.07) is 1.95. The van der Waals surface area contributed by atoms with Crippen LogP contribution < -0.4 is 5.73 Å². The standard InChI is InChI=1S/C6H4BrN3S/c7-3-1-4-5(9-2-3)10-6(8)11-4/h1-2H,(H2,8,9,10). The fourth-order valence-corrected chi connectivity index (χ4v) is 2.03. The maximum atomic E-state index is 5.49. The van der Waals surface area contributed by atoms with Gasteiger partial charge in [-0.25, -0.2) is 9.97 Å². The lowest BCUT2D eigenvalue weighted by Crippen LogP contribution is -1.80. The largest absolute Gasteiger partial charge is 0.375 e. The van der Waals surface area contributed by atoms with Crippen LogP contribution in [0.3, 0.4) is 0 Å². The van der Waals surface area contributed by atoms with Gasteiger partial charge >= 0.3 is 0 Å². The molecule has 2 aromatic heterocycles. The fourth-order valence-electron chi connectivity index (χ4n) is 0.812. The van der Waals surface area contributed by atoms with Crippen LogP contribution in [0.25, 0.3) is 10.3 Å². The van der Waals surface area contributed by atoms with Gasteiger partial charge in [0.1, 0.15) is 0 Å². The first-order chi connectivity index (χ1) is 5.25. The van der Waals surface area contributed by atoms with Gasteiger partial charge in [0.25, 0.3) is 0 Å². The number of pyridine rings is 1. The number of aromatic nitrogens is 2. The Balaban J connectivity index is 2.82. The van der Waals surface area contributed by atoms with E-state index in [4.69, 9.17) is 5.73 Å². The van der Waals surface area contributed by atoms with E-state index >= 15 is 0 Å². The molecule has 2 aromatic rings. The highest BCUT2D eigenvalue weighted by atomic mass is 79.9. The smallest absolute Gasteiger partial charge is 0.182 e. The lowest BCUT2D eigenvalue weighted by molar-refractivity contribution is 1.32. The molecule has 0 aromatic carbocycles. The molecular weight excluding hydrogens is 226 g/mol. The van der Waals surface area contributed by atoms with Gasteiger partial charge in [0, 0.05) is 10.7 Å². The summed E-state index contributed by atoms with van der Waals surface area (Å²) in [6.45, 7) is 0. The van der Waals surface area contributed by atoms with E-state index in [1.807, 2.05) is 6.07 Å². The van der Waals surface area contributed by atoms with Crippen molar-refractivity contribution in [3.8, 4) is 0 Å². The molecule has 0 saturated heterocycles. The van der Waals surface area contributed by atoms with E-state index in [2.05, 4.69) is 25.9 Å². The predicted molar refractivity (Wildman–Crippen MR) is 49.5 cm³/mol. The molecular formula is C6H4BrN3S. The molecule has 0 aliphatic heterocycles. The number of hydrogen-bond acceptors (Lipinski definition) is 4. The van der Waals surface area contributed by atoms with Gasteiger partial charge in [0.05, 0.1) is 4.70 Å². The molecule has 2 heterocycles. The van der Waals surface area contributed by atoms with Crippen LogP contribution in [0.15, 0.2) is 16.7 Å². The van der Waals surface area contributed by atoms with Gasteiger partial charge in [0.2, 0.25) is 0 Å². The number of thiazole rings is 1. The summed E-state index contributed by atoms with van der Waals surface area (Å²) in [4.78, 5) is 8.09. The van der Waals surface area contributed by atoms with Gasteiger partial charge in [-0.1, -0.05) is 11.3 Å². The van der Waals surface area contributed by atoms with Crippen molar-refractivity contribution in [1.82, 2.24) is 9.97 Å². The summed E-state index contributed by atoms with van der Waals surface area (Å²) >= 11 is 4.76. The Kier molecular flexibility index (Phi) is 1.54. The lowest BCUT2D eigenvalue weighted by atomic mass is 10.5. The molecule has 0 fully saturated rings. The lowest BCUT2D eigenvalue weighted by Gasteiger charge is -1.86. The topological polar surface area (TPSA) is 51.8 Å². The zero-order chi connectivity index (χ0) is 7.84.